The molecular weight excluding hydrogens is 300 g/mol. The highest BCUT2D eigenvalue weighted by molar-refractivity contribution is 5.91. The van der Waals surface area contributed by atoms with Gasteiger partial charge in [0.1, 0.15) is 17.8 Å². The van der Waals surface area contributed by atoms with Gasteiger partial charge in [-0.3, -0.25) is 4.79 Å². The molecule has 3 rings (SSSR count). The maximum Gasteiger partial charge on any atom is 0.334 e. The first kappa shape index (κ1) is 16.2. The third-order valence-electron chi connectivity index (χ3n) is 5.54. The average Bonchev–Trinajstić information content (AvgIpc) is 2.86. The SMILES string of the molecule is C=C1C(=O)O[C@@H]2C3=C(C)[C@H](O)C[C@H]3[C@](C)(O)[C@H](OC(C)=O)C[C@@H]12. The van der Waals surface area contributed by atoms with Gasteiger partial charge in [-0.15, -0.1) is 0 Å². The fourth-order valence-electron chi connectivity index (χ4n) is 4.19. The Labute approximate surface area is 134 Å². The molecule has 6 nitrogen and oxygen atoms in total. The Morgan fingerprint density at radius 1 is 1.43 bits per heavy atom. The molecule has 1 saturated carbocycles. The zero-order chi connectivity index (χ0) is 17.1. The number of carbonyl (C=O) groups excluding carboxylic acids is 2. The molecule has 3 aliphatic rings. The lowest BCUT2D eigenvalue weighted by atomic mass is 9.80. The number of carbonyl (C=O) groups is 2. The summed E-state index contributed by atoms with van der Waals surface area (Å²) in [6.07, 6.45) is -1.46. The van der Waals surface area contributed by atoms with Crippen molar-refractivity contribution in [2.75, 3.05) is 0 Å². The van der Waals surface area contributed by atoms with Crippen LogP contribution in [-0.4, -0.2) is 46.1 Å². The van der Waals surface area contributed by atoms with E-state index in [1.807, 2.05) is 0 Å². The van der Waals surface area contributed by atoms with Gasteiger partial charge in [0.15, 0.2) is 0 Å². The first-order chi connectivity index (χ1) is 10.6. The van der Waals surface area contributed by atoms with Crippen molar-refractivity contribution in [3.63, 3.8) is 0 Å². The minimum atomic E-state index is -1.35. The summed E-state index contributed by atoms with van der Waals surface area (Å²) >= 11 is 0. The van der Waals surface area contributed by atoms with Crippen molar-refractivity contribution in [1.82, 2.24) is 0 Å². The molecule has 2 fully saturated rings. The summed E-state index contributed by atoms with van der Waals surface area (Å²) in [5, 5.41) is 21.3. The summed E-state index contributed by atoms with van der Waals surface area (Å²) in [7, 11) is 0. The van der Waals surface area contributed by atoms with Gasteiger partial charge >= 0.3 is 11.9 Å². The summed E-state index contributed by atoms with van der Waals surface area (Å²) in [6.45, 7) is 8.49. The maximum atomic E-state index is 11.9. The molecule has 6 atom stereocenters. The Morgan fingerprint density at radius 2 is 2.09 bits per heavy atom. The van der Waals surface area contributed by atoms with Crippen LogP contribution in [0.15, 0.2) is 23.3 Å². The lowest BCUT2D eigenvalue weighted by Gasteiger charge is -2.36. The summed E-state index contributed by atoms with van der Waals surface area (Å²) in [6, 6.07) is 0. The Morgan fingerprint density at radius 3 is 2.70 bits per heavy atom. The third kappa shape index (κ3) is 2.32. The van der Waals surface area contributed by atoms with Gasteiger partial charge in [-0.25, -0.2) is 4.79 Å². The molecule has 0 radical (unpaired) electrons. The smallest absolute Gasteiger partial charge is 0.334 e. The van der Waals surface area contributed by atoms with Crippen LogP contribution in [0.5, 0.6) is 0 Å². The normalized spacial score (nSPS) is 42.9. The standard InChI is InChI=1S/C17H22O6/c1-7-10-5-13(22-9(3)18)17(4,21)11-6-12(19)8(2)14(11)15(10)23-16(7)20/h10-13,15,19,21H,1,5-6H2,2-4H3/t10-,11+,12+,13+,15-,17-/m0/s1. The number of hydrogen-bond donors (Lipinski definition) is 2. The molecule has 0 spiro atoms. The Balaban J connectivity index is 2.11. The zero-order valence-corrected chi connectivity index (χ0v) is 13.5. The molecule has 0 bridgehead atoms. The highest BCUT2D eigenvalue weighted by Crippen LogP contribution is 2.52. The van der Waals surface area contributed by atoms with Crippen LogP contribution in [0.1, 0.15) is 33.6 Å². The summed E-state index contributed by atoms with van der Waals surface area (Å²) < 4.78 is 10.8. The van der Waals surface area contributed by atoms with E-state index in [2.05, 4.69) is 6.58 Å². The van der Waals surface area contributed by atoms with Crippen molar-refractivity contribution in [3.05, 3.63) is 23.3 Å². The van der Waals surface area contributed by atoms with Crippen LogP contribution in [0.2, 0.25) is 0 Å². The van der Waals surface area contributed by atoms with E-state index < -0.39 is 41.8 Å². The minimum absolute atomic E-state index is 0.269. The second kappa shape index (κ2) is 5.18. The van der Waals surface area contributed by atoms with Crippen molar-refractivity contribution in [2.24, 2.45) is 11.8 Å². The summed E-state index contributed by atoms with van der Waals surface area (Å²) in [4.78, 5) is 23.4. The van der Waals surface area contributed by atoms with E-state index >= 15 is 0 Å². The summed E-state index contributed by atoms with van der Waals surface area (Å²) in [5.74, 6) is -1.76. The molecular formula is C17H22O6. The van der Waals surface area contributed by atoms with Crippen molar-refractivity contribution in [2.45, 2.75) is 57.5 Å². The van der Waals surface area contributed by atoms with Crippen LogP contribution in [0.3, 0.4) is 0 Å². The van der Waals surface area contributed by atoms with Crippen molar-refractivity contribution in [1.29, 1.82) is 0 Å². The molecule has 0 aromatic heterocycles. The molecule has 0 aromatic carbocycles. The number of esters is 2. The minimum Gasteiger partial charge on any atom is -0.459 e. The van der Waals surface area contributed by atoms with E-state index in [9.17, 15) is 19.8 Å². The molecule has 6 heteroatoms. The number of fused-ring (bicyclic) bond motifs is 3. The Hall–Kier alpha value is -1.66. The van der Waals surface area contributed by atoms with E-state index in [4.69, 9.17) is 9.47 Å². The largest absolute Gasteiger partial charge is 0.459 e. The summed E-state index contributed by atoms with van der Waals surface area (Å²) in [5.41, 5.74) is 0.437. The third-order valence-corrected chi connectivity index (χ3v) is 5.54. The van der Waals surface area contributed by atoms with E-state index in [1.54, 1.807) is 13.8 Å². The Kier molecular flexibility index (Phi) is 3.65. The quantitative estimate of drug-likeness (QED) is 0.423. The predicted octanol–water partition coefficient (Wildman–Crippen LogP) is 0.868. The number of hydrogen-bond acceptors (Lipinski definition) is 6. The first-order valence-electron chi connectivity index (χ1n) is 7.82. The highest BCUT2D eigenvalue weighted by Gasteiger charge is 2.58. The molecule has 1 heterocycles. The van der Waals surface area contributed by atoms with Crippen LogP contribution >= 0.6 is 0 Å². The van der Waals surface area contributed by atoms with E-state index in [-0.39, 0.29) is 12.3 Å². The van der Waals surface area contributed by atoms with Crippen molar-refractivity contribution < 1.29 is 29.3 Å². The van der Waals surface area contributed by atoms with Gasteiger partial charge in [0.2, 0.25) is 0 Å². The second-order valence-corrected chi connectivity index (χ2v) is 6.96. The number of rotatable bonds is 1. The zero-order valence-electron chi connectivity index (χ0n) is 13.5. The van der Waals surface area contributed by atoms with Crippen molar-refractivity contribution >= 4 is 11.9 Å². The second-order valence-electron chi connectivity index (χ2n) is 6.96. The van der Waals surface area contributed by atoms with Gasteiger partial charge in [-0.05, 0) is 37.8 Å². The van der Waals surface area contributed by atoms with Gasteiger partial charge in [0.25, 0.3) is 0 Å². The van der Waals surface area contributed by atoms with E-state index in [0.29, 0.717) is 12.0 Å². The molecule has 2 N–H and O–H groups in total. The first-order valence-corrected chi connectivity index (χ1v) is 7.82. The molecule has 2 aliphatic carbocycles. The van der Waals surface area contributed by atoms with E-state index in [1.165, 1.54) is 6.92 Å². The van der Waals surface area contributed by atoms with E-state index in [0.717, 1.165) is 11.1 Å². The lowest BCUT2D eigenvalue weighted by molar-refractivity contribution is -0.167. The predicted molar refractivity (Wildman–Crippen MR) is 80.1 cm³/mol. The fraction of sp³-hybridized carbons (Fsp3) is 0.647. The number of aliphatic hydroxyl groups excluding tert-OH is 1. The van der Waals surface area contributed by atoms with Gasteiger partial charge in [0, 0.05) is 24.3 Å². The van der Waals surface area contributed by atoms with Crippen LogP contribution in [0.25, 0.3) is 0 Å². The van der Waals surface area contributed by atoms with Gasteiger partial charge in [-0.2, -0.15) is 0 Å². The number of aliphatic hydroxyl groups is 2. The van der Waals surface area contributed by atoms with Crippen LogP contribution in [-0.2, 0) is 19.1 Å². The maximum absolute atomic E-state index is 11.9. The lowest BCUT2D eigenvalue weighted by Crippen LogP contribution is -2.48. The molecule has 1 saturated heterocycles. The molecule has 0 aromatic rings. The van der Waals surface area contributed by atoms with Crippen LogP contribution in [0.4, 0.5) is 0 Å². The molecule has 126 valence electrons. The highest BCUT2D eigenvalue weighted by atomic mass is 16.6. The fourth-order valence-corrected chi connectivity index (χ4v) is 4.19. The topological polar surface area (TPSA) is 93.1 Å². The molecule has 0 amide bonds. The Bertz CT molecular complexity index is 617. The monoisotopic (exact) mass is 322 g/mol. The van der Waals surface area contributed by atoms with Crippen LogP contribution in [0, 0.1) is 11.8 Å². The average molecular weight is 322 g/mol. The number of ether oxygens (including phenoxy) is 2. The molecule has 1 aliphatic heterocycles. The van der Waals surface area contributed by atoms with Crippen LogP contribution < -0.4 is 0 Å². The van der Waals surface area contributed by atoms with Gasteiger partial charge in [-0.1, -0.05) is 6.58 Å². The molecule has 0 unspecified atom stereocenters. The molecule has 23 heavy (non-hydrogen) atoms. The van der Waals surface area contributed by atoms with Crippen molar-refractivity contribution in [3.8, 4) is 0 Å². The van der Waals surface area contributed by atoms with Gasteiger partial charge < -0.3 is 19.7 Å². The van der Waals surface area contributed by atoms with Gasteiger partial charge in [0.05, 0.1) is 6.10 Å².